The second-order valence-electron chi connectivity index (χ2n) is 4.24. The highest BCUT2D eigenvalue weighted by Gasteiger charge is 2.22. The van der Waals surface area contributed by atoms with Crippen molar-refractivity contribution in [2.45, 2.75) is 44.3 Å². The van der Waals surface area contributed by atoms with Gasteiger partial charge in [0.1, 0.15) is 6.17 Å². The summed E-state index contributed by atoms with van der Waals surface area (Å²) in [5.41, 5.74) is 1.28. The van der Waals surface area contributed by atoms with Gasteiger partial charge in [-0.15, -0.1) is 0 Å². The van der Waals surface area contributed by atoms with Crippen LogP contribution < -0.4 is 5.32 Å². The van der Waals surface area contributed by atoms with Crippen molar-refractivity contribution in [1.82, 2.24) is 5.32 Å². The van der Waals surface area contributed by atoms with Gasteiger partial charge in [-0.05, 0) is 54.6 Å². The predicted octanol–water partition coefficient (Wildman–Crippen LogP) is 3.16. The molecule has 1 aromatic heterocycles. The molecule has 1 saturated heterocycles. The van der Waals surface area contributed by atoms with Crippen molar-refractivity contribution in [3.8, 4) is 0 Å². The summed E-state index contributed by atoms with van der Waals surface area (Å²) in [5.74, 6) is 0. The lowest BCUT2D eigenvalue weighted by Gasteiger charge is -2.26. The van der Waals surface area contributed by atoms with E-state index in [1.165, 1.54) is 18.4 Å². The van der Waals surface area contributed by atoms with Gasteiger partial charge < -0.3 is 5.32 Å². The fourth-order valence-corrected chi connectivity index (χ4v) is 2.83. The van der Waals surface area contributed by atoms with Crippen LogP contribution in [0.1, 0.15) is 31.2 Å². The van der Waals surface area contributed by atoms with Gasteiger partial charge in [0.25, 0.3) is 0 Å². The molecule has 1 nitrogen and oxygen atoms in total. The molecule has 0 radical (unpaired) electrons. The number of aryl methyl sites for hydroxylation is 1. The third-order valence-electron chi connectivity index (χ3n) is 3.07. The fraction of sp³-hybridized carbons (Fsp3) is 0.667. The van der Waals surface area contributed by atoms with E-state index in [0.29, 0.717) is 6.42 Å². The molecule has 15 heavy (non-hydrogen) atoms. The first-order valence-corrected chi connectivity index (χ1v) is 6.69. The van der Waals surface area contributed by atoms with Crippen molar-refractivity contribution in [3.05, 3.63) is 22.4 Å². The Morgan fingerprint density at radius 1 is 1.53 bits per heavy atom. The van der Waals surface area contributed by atoms with Crippen LogP contribution in [0.25, 0.3) is 0 Å². The molecule has 0 spiro atoms. The SMILES string of the molecule is FC(CCc1ccsc1)C1CCCCN1. The first-order chi connectivity index (χ1) is 7.36. The average Bonchev–Trinajstić information content (AvgIpc) is 2.80. The molecule has 2 heterocycles. The van der Waals surface area contributed by atoms with Gasteiger partial charge in [-0.25, -0.2) is 4.39 Å². The summed E-state index contributed by atoms with van der Waals surface area (Å²) >= 11 is 1.69. The van der Waals surface area contributed by atoms with Crippen molar-refractivity contribution < 1.29 is 4.39 Å². The summed E-state index contributed by atoms with van der Waals surface area (Å²) in [4.78, 5) is 0. The molecule has 1 aliphatic rings. The van der Waals surface area contributed by atoms with Crippen LogP contribution >= 0.6 is 11.3 Å². The molecule has 2 rings (SSSR count). The molecule has 1 N–H and O–H groups in total. The molecule has 0 bridgehead atoms. The van der Waals surface area contributed by atoms with E-state index in [1.807, 2.05) is 0 Å². The van der Waals surface area contributed by atoms with Crippen LogP contribution in [-0.2, 0) is 6.42 Å². The van der Waals surface area contributed by atoms with E-state index in [2.05, 4.69) is 22.1 Å². The summed E-state index contributed by atoms with van der Waals surface area (Å²) in [5, 5.41) is 7.45. The van der Waals surface area contributed by atoms with Crippen molar-refractivity contribution in [2.75, 3.05) is 6.54 Å². The highest BCUT2D eigenvalue weighted by Crippen LogP contribution is 2.18. The van der Waals surface area contributed by atoms with Crippen molar-refractivity contribution in [2.24, 2.45) is 0 Å². The number of nitrogens with one attached hydrogen (secondary N) is 1. The van der Waals surface area contributed by atoms with E-state index in [4.69, 9.17) is 0 Å². The largest absolute Gasteiger partial charge is 0.311 e. The lowest BCUT2D eigenvalue weighted by Crippen LogP contribution is -2.41. The molecule has 3 heteroatoms. The van der Waals surface area contributed by atoms with Crippen LogP contribution in [0.2, 0.25) is 0 Å². The van der Waals surface area contributed by atoms with Crippen molar-refractivity contribution >= 4 is 11.3 Å². The first kappa shape index (κ1) is 11.1. The molecule has 1 fully saturated rings. The number of rotatable bonds is 4. The maximum atomic E-state index is 13.8. The second-order valence-corrected chi connectivity index (χ2v) is 5.02. The van der Waals surface area contributed by atoms with Gasteiger partial charge in [0.2, 0.25) is 0 Å². The summed E-state index contributed by atoms with van der Waals surface area (Å²) in [6, 6.07) is 2.20. The van der Waals surface area contributed by atoms with Crippen molar-refractivity contribution in [3.63, 3.8) is 0 Å². The molecule has 2 atom stereocenters. The van der Waals surface area contributed by atoms with E-state index in [9.17, 15) is 4.39 Å². The third-order valence-corrected chi connectivity index (χ3v) is 3.81. The van der Waals surface area contributed by atoms with Crippen LogP contribution in [0.5, 0.6) is 0 Å². The number of alkyl halides is 1. The number of thiophene rings is 1. The van der Waals surface area contributed by atoms with E-state index >= 15 is 0 Å². The van der Waals surface area contributed by atoms with Gasteiger partial charge in [-0.2, -0.15) is 11.3 Å². The number of piperidine rings is 1. The van der Waals surface area contributed by atoms with Crippen LogP contribution in [0, 0.1) is 0 Å². The Hall–Kier alpha value is -0.410. The molecule has 1 aliphatic heterocycles. The minimum Gasteiger partial charge on any atom is -0.311 e. The molecule has 2 unspecified atom stereocenters. The zero-order valence-corrected chi connectivity index (χ0v) is 9.73. The van der Waals surface area contributed by atoms with Gasteiger partial charge in [0.15, 0.2) is 0 Å². The number of halogens is 1. The first-order valence-electron chi connectivity index (χ1n) is 5.75. The summed E-state index contributed by atoms with van der Waals surface area (Å²) in [6.45, 7) is 0.990. The van der Waals surface area contributed by atoms with Gasteiger partial charge in [-0.1, -0.05) is 6.42 Å². The third kappa shape index (κ3) is 3.28. The van der Waals surface area contributed by atoms with Crippen LogP contribution in [0.15, 0.2) is 16.8 Å². The van der Waals surface area contributed by atoms with Gasteiger partial charge in [-0.3, -0.25) is 0 Å². The highest BCUT2D eigenvalue weighted by atomic mass is 32.1. The second kappa shape index (κ2) is 5.61. The Morgan fingerprint density at radius 3 is 3.13 bits per heavy atom. The maximum Gasteiger partial charge on any atom is 0.116 e. The molecule has 1 aromatic rings. The normalized spacial score (nSPS) is 23.9. The van der Waals surface area contributed by atoms with Gasteiger partial charge in [0.05, 0.1) is 0 Å². The Balaban J connectivity index is 1.74. The maximum absolute atomic E-state index is 13.8. The molecular formula is C12H18FNS. The molecule has 0 amide bonds. The topological polar surface area (TPSA) is 12.0 Å². The van der Waals surface area contributed by atoms with E-state index in [0.717, 1.165) is 19.4 Å². The van der Waals surface area contributed by atoms with E-state index in [1.54, 1.807) is 11.3 Å². The average molecular weight is 227 g/mol. The molecular weight excluding hydrogens is 209 g/mol. The lowest BCUT2D eigenvalue weighted by molar-refractivity contribution is 0.207. The number of hydrogen-bond donors (Lipinski definition) is 1. The van der Waals surface area contributed by atoms with E-state index < -0.39 is 6.17 Å². The van der Waals surface area contributed by atoms with Crippen LogP contribution in [-0.4, -0.2) is 18.8 Å². The Bertz CT molecular complexity index is 267. The molecule has 0 saturated carbocycles. The minimum atomic E-state index is -0.676. The quantitative estimate of drug-likeness (QED) is 0.833. The predicted molar refractivity (Wildman–Crippen MR) is 63.2 cm³/mol. The minimum absolute atomic E-state index is 0.109. The summed E-state index contributed by atoms with van der Waals surface area (Å²) < 4.78 is 13.8. The van der Waals surface area contributed by atoms with Crippen LogP contribution in [0.4, 0.5) is 4.39 Å². The van der Waals surface area contributed by atoms with E-state index in [-0.39, 0.29) is 6.04 Å². The zero-order chi connectivity index (χ0) is 10.5. The smallest absolute Gasteiger partial charge is 0.116 e. The van der Waals surface area contributed by atoms with Crippen LogP contribution in [0.3, 0.4) is 0 Å². The Kier molecular flexibility index (Phi) is 4.15. The Morgan fingerprint density at radius 2 is 2.47 bits per heavy atom. The van der Waals surface area contributed by atoms with Gasteiger partial charge in [0, 0.05) is 6.04 Å². The highest BCUT2D eigenvalue weighted by molar-refractivity contribution is 7.07. The lowest BCUT2D eigenvalue weighted by atomic mass is 9.97. The van der Waals surface area contributed by atoms with Crippen molar-refractivity contribution in [1.29, 1.82) is 0 Å². The summed E-state index contributed by atoms with van der Waals surface area (Å²) in [6.07, 6.45) is 4.25. The fourth-order valence-electron chi connectivity index (χ4n) is 2.13. The number of hydrogen-bond acceptors (Lipinski definition) is 2. The molecule has 0 aromatic carbocycles. The summed E-state index contributed by atoms with van der Waals surface area (Å²) in [7, 11) is 0. The van der Waals surface area contributed by atoms with Gasteiger partial charge >= 0.3 is 0 Å². The standard InChI is InChI=1S/C12H18FNS/c13-11(12-3-1-2-7-14-12)5-4-10-6-8-15-9-10/h6,8-9,11-12,14H,1-5,7H2. The molecule has 0 aliphatic carbocycles. The molecule has 84 valence electrons. The Labute approximate surface area is 94.7 Å². The monoisotopic (exact) mass is 227 g/mol. The zero-order valence-electron chi connectivity index (χ0n) is 8.92.